The molecule has 0 N–H and O–H groups in total. The van der Waals surface area contributed by atoms with Crippen LogP contribution in [0, 0.1) is 17.3 Å². The van der Waals surface area contributed by atoms with Crippen molar-refractivity contribution in [3.63, 3.8) is 0 Å². The standard InChI is InChI=1S/C12H18O/c13-11-8-9-4-3-7-12(9)6-2-1-5-10(11)12/h9-10H,1-8H2/t9-,10-,12-/m1/s1. The first-order chi connectivity index (χ1) is 6.33. The maximum atomic E-state index is 11.8. The second-order valence-corrected chi connectivity index (χ2v) is 5.29. The van der Waals surface area contributed by atoms with E-state index in [1.165, 1.54) is 44.9 Å². The minimum Gasteiger partial charge on any atom is -0.299 e. The van der Waals surface area contributed by atoms with Crippen molar-refractivity contribution in [1.29, 1.82) is 0 Å². The summed E-state index contributed by atoms with van der Waals surface area (Å²) in [6.07, 6.45) is 10.3. The molecule has 3 saturated carbocycles. The highest BCUT2D eigenvalue weighted by atomic mass is 16.1. The fraction of sp³-hybridized carbons (Fsp3) is 0.917. The Morgan fingerprint density at radius 2 is 1.92 bits per heavy atom. The van der Waals surface area contributed by atoms with Gasteiger partial charge >= 0.3 is 0 Å². The van der Waals surface area contributed by atoms with Crippen LogP contribution in [0.2, 0.25) is 0 Å². The first kappa shape index (κ1) is 8.02. The molecule has 0 unspecified atom stereocenters. The van der Waals surface area contributed by atoms with E-state index in [9.17, 15) is 4.79 Å². The summed E-state index contributed by atoms with van der Waals surface area (Å²) in [5, 5.41) is 0. The van der Waals surface area contributed by atoms with Crippen molar-refractivity contribution in [3.8, 4) is 0 Å². The monoisotopic (exact) mass is 178 g/mol. The van der Waals surface area contributed by atoms with E-state index in [-0.39, 0.29) is 0 Å². The maximum absolute atomic E-state index is 11.8. The molecular weight excluding hydrogens is 160 g/mol. The summed E-state index contributed by atoms with van der Waals surface area (Å²) < 4.78 is 0. The zero-order valence-electron chi connectivity index (χ0n) is 8.22. The highest BCUT2D eigenvalue weighted by molar-refractivity contribution is 5.85. The predicted molar refractivity (Wildman–Crippen MR) is 51.4 cm³/mol. The van der Waals surface area contributed by atoms with Crippen LogP contribution in [0.5, 0.6) is 0 Å². The Kier molecular flexibility index (Phi) is 1.59. The number of Topliss-reactive ketones (excluding diaryl/α,β-unsaturated/α-hetero) is 1. The molecule has 1 nitrogen and oxygen atoms in total. The summed E-state index contributed by atoms with van der Waals surface area (Å²) >= 11 is 0. The topological polar surface area (TPSA) is 17.1 Å². The van der Waals surface area contributed by atoms with Crippen molar-refractivity contribution < 1.29 is 4.79 Å². The van der Waals surface area contributed by atoms with Crippen LogP contribution in [0.15, 0.2) is 0 Å². The summed E-state index contributed by atoms with van der Waals surface area (Å²) in [4.78, 5) is 11.8. The normalized spacial score (nSPS) is 49.1. The number of hydrogen-bond donors (Lipinski definition) is 0. The second kappa shape index (κ2) is 2.59. The smallest absolute Gasteiger partial charge is 0.136 e. The van der Waals surface area contributed by atoms with Crippen LogP contribution in [-0.2, 0) is 4.79 Å². The van der Waals surface area contributed by atoms with Gasteiger partial charge in [0.15, 0.2) is 0 Å². The Hall–Kier alpha value is -0.330. The van der Waals surface area contributed by atoms with Crippen molar-refractivity contribution in [3.05, 3.63) is 0 Å². The molecule has 0 aromatic rings. The molecule has 1 heteroatoms. The Morgan fingerprint density at radius 1 is 1.08 bits per heavy atom. The SMILES string of the molecule is O=C1C[C@H]2CCC[C@]23CCCC[C@H]13. The fourth-order valence-electron chi connectivity index (χ4n) is 4.39. The van der Waals surface area contributed by atoms with Gasteiger partial charge in [0, 0.05) is 12.3 Å². The average molecular weight is 178 g/mol. The summed E-state index contributed by atoms with van der Waals surface area (Å²) in [5.74, 6) is 1.91. The van der Waals surface area contributed by atoms with Crippen molar-refractivity contribution in [2.24, 2.45) is 17.3 Å². The highest BCUT2D eigenvalue weighted by Crippen LogP contribution is 2.61. The Bertz CT molecular complexity index is 246. The van der Waals surface area contributed by atoms with Gasteiger partial charge in [-0.25, -0.2) is 0 Å². The van der Waals surface area contributed by atoms with E-state index in [2.05, 4.69) is 0 Å². The van der Waals surface area contributed by atoms with E-state index < -0.39 is 0 Å². The molecule has 1 spiro atoms. The van der Waals surface area contributed by atoms with Gasteiger partial charge in [-0.15, -0.1) is 0 Å². The van der Waals surface area contributed by atoms with E-state index in [0.717, 1.165) is 12.3 Å². The fourth-order valence-corrected chi connectivity index (χ4v) is 4.39. The van der Waals surface area contributed by atoms with Crippen molar-refractivity contribution in [1.82, 2.24) is 0 Å². The van der Waals surface area contributed by atoms with Crippen LogP contribution in [-0.4, -0.2) is 5.78 Å². The van der Waals surface area contributed by atoms with E-state index >= 15 is 0 Å². The van der Waals surface area contributed by atoms with Crippen LogP contribution >= 0.6 is 0 Å². The van der Waals surface area contributed by atoms with E-state index in [4.69, 9.17) is 0 Å². The third-order valence-corrected chi connectivity index (χ3v) is 4.92. The van der Waals surface area contributed by atoms with Gasteiger partial charge in [-0.2, -0.15) is 0 Å². The van der Waals surface area contributed by atoms with Crippen molar-refractivity contribution in [2.75, 3.05) is 0 Å². The number of ketones is 1. The molecule has 13 heavy (non-hydrogen) atoms. The molecule has 0 aromatic heterocycles. The van der Waals surface area contributed by atoms with Crippen molar-refractivity contribution in [2.45, 2.75) is 51.4 Å². The molecule has 0 heterocycles. The number of carbonyl (C=O) groups excluding carboxylic acids is 1. The van der Waals surface area contributed by atoms with Gasteiger partial charge in [0.2, 0.25) is 0 Å². The zero-order chi connectivity index (χ0) is 8.89. The van der Waals surface area contributed by atoms with Gasteiger partial charge in [-0.1, -0.05) is 19.3 Å². The molecule has 72 valence electrons. The van der Waals surface area contributed by atoms with E-state index in [1.54, 1.807) is 0 Å². The molecule has 0 radical (unpaired) electrons. The predicted octanol–water partition coefficient (Wildman–Crippen LogP) is 2.94. The Balaban J connectivity index is 1.98. The average Bonchev–Trinajstić information content (AvgIpc) is 2.60. The molecule has 3 fully saturated rings. The third kappa shape index (κ3) is 0.908. The summed E-state index contributed by atoms with van der Waals surface area (Å²) in [6.45, 7) is 0. The molecular formula is C12H18O. The maximum Gasteiger partial charge on any atom is 0.136 e. The van der Waals surface area contributed by atoms with E-state index in [0.29, 0.717) is 17.1 Å². The van der Waals surface area contributed by atoms with E-state index in [1.807, 2.05) is 0 Å². The molecule has 0 aromatic carbocycles. The molecule has 0 saturated heterocycles. The first-order valence-electron chi connectivity index (χ1n) is 5.86. The van der Waals surface area contributed by atoms with Gasteiger partial charge in [0.1, 0.15) is 5.78 Å². The Morgan fingerprint density at radius 3 is 2.85 bits per heavy atom. The summed E-state index contributed by atoms with van der Waals surface area (Å²) in [7, 11) is 0. The van der Waals surface area contributed by atoms with Crippen LogP contribution in [0.4, 0.5) is 0 Å². The van der Waals surface area contributed by atoms with Crippen LogP contribution in [0.1, 0.15) is 51.4 Å². The summed E-state index contributed by atoms with van der Waals surface area (Å²) in [6, 6.07) is 0. The van der Waals surface area contributed by atoms with Crippen LogP contribution in [0.25, 0.3) is 0 Å². The lowest BCUT2D eigenvalue weighted by molar-refractivity contribution is -0.123. The molecule has 0 bridgehead atoms. The quantitative estimate of drug-likeness (QED) is 0.557. The third-order valence-electron chi connectivity index (χ3n) is 4.92. The highest BCUT2D eigenvalue weighted by Gasteiger charge is 2.56. The molecule has 3 aliphatic carbocycles. The van der Waals surface area contributed by atoms with Gasteiger partial charge < -0.3 is 0 Å². The lowest BCUT2D eigenvalue weighted by Gasteiger charge is -2.38. The largest absolute Gasteiger partial charge is 0.299 e. The molecule has 0 amide bonds. The number of rotatable bonds is 0. The second-order valence-electron chi connectivity index (χ2n) is 5.29. The van der Waals surface area contributed by atoms with Gasteiger partial charge in [-0.05, 0) is 37.0 Å². The minimum absolute atomic E-state index is 0.494. The lowest BCUT2D eigenvalue weighted by atomic mass is 9.65. The molecule has 3 aliphatic rings. The van der Waals surface area contributed by atoms with Gasteiger partial charge in [-0.3, -0.25) is 4.79 Å². The number of carbonyl (C=O) groups is 1. The molecule has 0 aliphatic heterocycles. The van der Waals surface area contributed by atoms with Crippen molar-refractivity contribution >= 4 is 5.78 Å². The first-order valence-corrected chi connectivity index (χ1v) is 5.86. The minimum atomic E-state index is 0.494. The van der Waals surface area contributed by atoms with Gasteiger partial charge in [0.25, 0.3) is 0 Å². The molecule has 3 rings (SSSR count). The summed E-state index contributed by atoms with van der Waals surface area (Å²) in [5.41, 5.74) is 0.523. The van der Waals surface area contributed by atoms with Crippen LogP contribution in [0.3, 0.4) is 0 Å². The number of hydrogen-bond acceptors (Lipinski definition) is 1. The Labute approximate surface area is 79.9 Å². The zero-order valence-corrected chi connectivity index (χ0v) is 8.22. The molecule has 3 atom stereocenters. The lowest BCUT2D eigenvalue weighted by Crippen LogP contribution is -2.33. The van der Waals surface area contributed by atoms with Gasteiger partial charge in [0.05, 0.1) is 0 Å². The van der Waals surface area contributed by atoms with Crippen LogP contribution < -0.4 is 0 Å².